The van der Waals surface area contributed by atoms with E-state index in [1.807, 2.05) is 68.4 Å². The standard InChI is InChI=1S/C23H20N2O2S/c1-16-7-13-21(15-17(16)2)28(26,27)25-20-11-8-19(9-12-20)23-14-10-18-5-3-4-6-22(18)24-23/h3-15,25H,1-2H3. The third kappa shape index (κ3) is 3.62. The molecule has 4 aromatic rings. The van der Waals surface area contributed by atoms with Crippen molar-refractivity contribution in [1.29, 1.82) is 0 Å². The van der Waals surface area contributed by atoms with E-state index in [9.17, 15) is 8.42 Å². The Labute approximate surface area is 164 Å². The number of benzene rings is 3. The molecule has 0 amide bonds. The molecule has 1 aromatic heterocycles. The van der Waals surface area contributed by atoms with Crippen molar-refractivity contribution in [2.45, 2.75) is 18.7 Å². The van der Waals surface area contributed by atoms with Gasteiger partial charge in [-0.1, -0.05) is 42.5 Å². The molecule has 0 atom stereocenters. The molecule has 5 heteroatoms. The van der Waals surface area contributed by atoms with Crippen molar-refractivity contribution in [3.05, 3.63) is 90.0 Å². The van der Waals surface area contributed by atoms with Gasteiger partial charge >= 0.3 is 0 Å². The highest BCUT2D eigenvalue weighted by atomic mass is 32.2. The van der Waals surface area contributed by atoms with Crippen LogP contribution in [0.15, 0.2) is 83.8 Å². The molecule has 0 aliphatic rings. The van der Waals surface area contributed by atoms with Gasteiger partial charge in [0.2, 0.25) is 0 Å². The lowest BCUT2D eigenvalue weighted by molar-refractivity contribution is 0.601. The van der Waals surface area contributed by atoms with E-state index >= 15 is 0 Å². The lowest BCUT2D eigenvalue weighted by Gasteiger charge is -2.10. The van der Waals surface area contributed by atoms with Crippen LogP contribution in [0.5, 0.6) is 0 Å². The predicted octanol–water partition coefficient (Wildman–Crippen LogP) is 5.32. The van der Waals surface area contributed by atoms with E-state index in [1.165, 1.54) is 0 Å². The first-order valence-electron chi connectivity index (χ1n) is 8.99. The van der Waals surface area contributed by atoms with Crippen LogP contribution >= 0.6 is 0 Å². The van der Waals surface area contributed by atoms with E-state index in [1.54, 1.807) is 24.3 Å². The molecule has 0 aliphatic carbocycles. The second-order valence-electron chi connectivity index (χ2n) is 6.82. The monoisotopic (exact) mass is 388 g/mol. The summed E-state index contributed by atoms with van der Waals surface area (Å²) in [5, 5.41) is 1.09. The lowest BCUT2D eigenvalue weighted by atomic mass is 10.1. The van der Waals surface area contributed by atoms with Crippen LogP contribution in [-0.2, 0) is 10.0 Å². The molecule has 1 heterocycles. The highest BCUT2D eigenvalue weighted by Gasteiger charge is 2.15. The quantitative estimate of drug-likeness (QED) is 0.515. The van der Waals surface area contributed by atoms with Crippen molar-refractivity contribution >= 4 is 26.6 Å². The van der Waals surface area contributed by atoms with E-state index < -0.39 is 10.0 Å². The number of pyridine rings is 1. The molecule has 0 saturated carbocycles. The minimum atomic E-state index is -3.62. The molecule has 0 bridgehead atoms. The number of hydrogen-bond donors (Lipinski definition) is 1. The molecular formula is C23H20N2O2S. The minimum Gasteiger partial charge on any atom is -0.280 e. The first-order valence-corrected chi connectivity index (χ1v) is 10.5. The number of aromatic nitrogens is 1. The normalized spacial score (nSPS) is 11.5. The number of hydrogen-bond acceptors (Lipinski definition) is 3. The van der Waals surface area contributed by atoms with Crippen LogP contribution in [-0.4, -0.2) is 13.4 Å². The summed E-state index contributed by atoms with van der Waals surface area (Å²) in [7, 11) is -3.62. The molecule has 0 fully saturated rings. The van der Waals surface area contributed by atoms with E-state index in [4.69, 9.17) is 0 Å². The zero-order valence-corrected chi connectivity index (χ0v) is 16.5. The summed E-state index contributed by atoms with van der Waals surface area (Å²) in [6.07, 6.45) is 0. The van der Waals surface area contributed by atoms with Gasteiger partial charge in [-0.3, -0.25) is 4.72 Å². The number of aryl methyl sites for hydroxylation is 2. The molecule has 4 rings (SSSR count). The van der Waals surface area contributed by atoms with Crippen LogP contribution < -0.4 is 4.72 Å². The van der Waals surface area contributed by atoms with Crippen LogP contribution in [0.1, 0.15) is 11.1 Å². The predicted molar refractivity (Wildman–Crippen MR) is 114 cm³/mol. The molecule has 0 aliphatic heterocycles. The van der Waals surface area contributed by atoms with Crippen LogP contribution in [0.25, 0.3) is 22.2 Å². The van der Waals surface area contributed by atoms with Gasteiger partial charge in [-0.25, -0.2) is 13.4 Å². The van der Waals surface area contributed by atoms with E-state index in [0.29, 0.717) is 5.69 Å². The number of fused-ring (bicyclic) bond motifs is 1. The Morgan fingerprint density at radius 1 is 0.786 bits per heavy atom. The fourth-order valence-corrected chi connectivity index (χ4v) is 4.17. The maximum Gasteiger partial charge on any atom is 0.261 e. The van der Waals surface area contributed by atoms with Gasteiger partial charge in [-0.2, -0.15) is 0 Å². The molecule has 4 nitrogen and oxygen atoms in total. The third-order valence-corrected chi connectivity index (χ3v) is 6.20. The zero-order chi connectivity index (χ0) is 19.7. The van der Waals surface area contributed by atoms with E-state index in [2.05, 4.69) is 9.71 Å². The largest absolute Gasteiger partial charge is 0.280 e. The van der Waals surface area contributed by atoms with Gasteiger partial charge in [0, 0.05) is 16.6 Å². The molecule has 140 valence electrons. The van der Waals surface area contributed by atoms with Crippen LogP contribution in [0.4, 0.5) is 5.69 Å². The van der Waals surface area contributed by atoms with E-state index in [-0.39, 0.29) is 4.90 Å². The van der Waals surface area contributed by atoms with Gasteiger partial charge in [0.05, 0.1) is 16.1 Å². The van der Waals surface area contributed by atoms with Crippen molar-refractivity contribution < 1.29 is 8.42 Å². The van der Waals surface area contributed by atoms with Gasteiger partial charge in [0.15, 0.2) is 0 Å². The summed E-state index contributed by atoms with van der Waals surface area (Å²) in [5.41, 5.74) is 5.23. The Morgan fingerprint density at radius 2 is 1.54 bits per heavy atom. The molecule has 3 aromatic carbocycles. The number of nitrogens with one attached hydrogen (secondary N) is 1. The number of nitrogens with zero attached hydrogens (tertiary/aromatic N) is 1. The van der Waals surface area contributed by atoms with Gasteiger partial charge < -0.3 is 0 Å². The summed E-state index contributed by atoms with van der Waals surface area (Å²) in [6, 6.07) is 24.3. The van der Waals surface area contributed by atoms with Crippen molar-refractivity contribution in [3.63, 3.8) is 0 Å². The third-order valence-electron chi connectivity index (χ3n) is 4.82. The van der Waals surface area contributed by atoms with Gasteiger partial charge in [0.25, 0.3) is 10.0 Å². The summed E-state index contributed by atoms with van der Waals surface area (Å²) in [4.78, 5) is 4.94. The summed E-state index contributed by atoms with van der Waals surface area (Å²) >= 11 is 0. The van der Waals surface area contributed by atoms with Crippen LogP contribution in [0.2, 0.25) is 0 Å². The Balaban J connectivity index is 1.59. The van der Waals surface area contributed by atoms with Crippen molar-refractivity contribution in [2.24, 2.45) is 0 Å². The second kappa shape index (κ2) is 7.09. The topological polar surface area (TPSA) is 59.1 Å². The fourth-order valence-electron chi connectivity index (χ4n) is 3.03. The number of rotatable bonds is 4. The van der Waals surface area contributed by atoms with Crippen molar-refractivity contribution in [1.82, 2.24) is 4.98 Å². The molecule has 0 spiro atoms. The maximum absolute atomic E-state index is 12.6. The number of anilines is 1. The van der Waals surface area contributed by atoms with Crippen LogP contribution in [0.3, 0.4) is 0 Å². The summed E-state index contributed by atoms with van der Waals surface area (Å²) in [5.74, 6) is 0. The van der Waals surface area contributed by atoms with Gasteiger partial charge in [-0.15, -0.1) is 0 Å². The average Bonchev–Trinajstić information content (AvgIpc) is 2.70. The lowest BCUT2D eigenvalue weighted by Crippen LogP contribution is -2.13. The molecular weight excluding hydrogens is 368 g/mol. The zero-order valence-electron chi connectivity index (χ0n) is 15.7. The SMILES string of the molecule is Cc1ccc(S(=O)(=O)Nc2ccc(-c3ccc4ccccc4n3)cc2)cc1C. The summed E-state index contributed by atoms with van der Waals surface area (Å²) in [6.45, 7) is 3.86. The first kappa shape index (κ1) is 18.2. The molecule has 1 N–H and O–H groups in total. The fraction of sp³-hybridized carbons (Fsp3) is 0.0870. The Kier molecular flexibility index (Phi) is 4.61. The summed E-state index contributed by atoms with van der Waals surface area (Å²) < 4.78 is 27.9. The Morgan fingerprint density at radius 3 is 2.29 bits per heavy atom. The van der Waals surface area contributed by atoms with E-state index in [0.717, 1.165) is 33.3 Å². The molecule has 0 radical (unpaired) electrons. The second-order valence-corrected chi connectivity index (χ2v) is 8.50. The molecule has 28 heavy (non-hydrogen) atoms. The highest BCUT2D eigenvalue weighted by Crippen LogP contribution is 2.24. The highest BCUT2D eigenvalue weighted by molar-refractivity contribution is 7.92. The van der Waals surface area contributed by atoms with Gasteiger partial charge in [-0.05, 0) is 61.4 Å². The smallest absolute Gasteiger partial charge is 0.261 e. The number of sulfonamides is 1. The molecule has 0 unspecified atom stereocenters. The number of para-hydroxylation sites is 1. The van der Waals surface area contributed by atoms with Crippen LogP contribution in [0, 0.1) is 13.8 Å². The first-order chi connectivity index (χ1) is 13.4. The van der Waals surface area contributed by atoms with Crippen molar-refractivity contribution in [2.75, 3.05) is 4.72 Å². The molecule has 0 saturated heterocycles. The average molecular weight is 388 g/mol. The minimum absolute atomic E-state index is 0.260. The Hall–Kier alpha value is -3.18. The van der Waals surface area contributed by atoms with Gasteiger partial charge in [0.1, 0.15) is 0 Å². The Bertz CT molecular complexity index is 1260. The maximum atomic E-state index is 12.6. The van der Waals surface area contributed by atoms with Crippen molar-refractivity contribution in [3.8, 4) is 11.3 Å².